The second-order valence-electron chi connectivity index (χ2n) is 6.30. The van der Waals surface area contributed by atoms with Crippen molar-refractivity contribution in [3.63, 3.8) is 0 Å². The van der Waals surface area contributed by atoms with Crippen molar-refractivity contribution in [2.24, 2.45) is 0 Å². The molecule has 4 nitrogen and oxygen atoms in total. The fraction of sp³-hybridized carbons (Fsp3) is 0.286. The van der Waals surface area contributed by atoms with E-state index in [-0.39, 0.29) is 5.91 Å². The number of aryl methyl sites for hydroxylation is 1. The Morgan fingerprint density at radius 1 is 1.20 bits per heavy atom. The zero-order chi connectivity index (χ0) is 18.0. The zero-order valence-electron chi connectivity index (χ0n) is 15.1. The quantitative estimate of drug-likeness (QED) is 0.667. The monoisotopic (exact) mass is 337 g/mol. The van der Waals surface area contributed by atoms with Crippen LogP contribution in [0.25, 0.3) is 11.0 Å². The number of hydrogen-bond acceptors (Lipinski definition) is 3. The highest BCUT2D eigenvalue weighted by atomic mass is 16.5. The Morgan fingerprint density at radius 2 is 1.92 bits per heavy atom. The molecule has 1 aromatic heterocycles. The van der Waals surface area contributed by atoms with Gasteiger partial charge in [0, 0.05) is 16.6 Å². The van der Waals surface area contributed by atoms with Crippen LogP contribution in [0.1, 0.15) is 47.9 Å². The molecule has 0 saturated heterocycles. The summed E-state index contributed by atoms with van der Waals surface area (Å²) in [5.74, 6) is 1.33. The Kier molecular flexibility index (Phi) is 4.79. The maximum absolute atomic E-state index is 12.6. The maximum atomic E-state index is 12.6. The SMILES string of the molecule is CC[C@@H](C)c1ccc(NC(=O)c2oc3ccc(OC)cc3c2C)cc1. The first-order chi connectivity index (χ1) is 12.0. The maximum Gasteiger partial charge on any atom is 0.291 e. The molecule has 0 saturated carbocycles. The minimum absolute atomic E-state index is 0.246. The molecule has 0 radical (unpaired) electrons. The number of fused-ring (bicyclic) bond motifs is 1. The van der Waals surface area contributed by atoms with Gasteiger partial charge in [-0.3, -0.25) is 4.79 Å². The smallest absolute Gasteiger partial charge is 0.291 e. The van der Waals surface area contributed by atoms with Crippen molar-refractivity contribution in [1.29, 1.82) is 0 Å². The molecular formula is C21H23NO3. The molecule has 3 aromatic rings. The van der Waals surface area contributed by atoms with Crippen molar-refractivity contribution in [2.75, 3.05) is 12.4 Å². The van der Waals surface area contributed by atoms with Gasteiger partial charge in [-0.15, -0.1) is 0 Å². The number of rotatable bonds is 5. The molecule has 0 aliphatic carbocycles. The number of methoxy groups -OCH3 is 1. The highest BCUT2D eigenvalue weighted by Gasteiger charge is 2.18. The van der Waals surface area contributed by atoms with Crippen LogP contribution in [-0.2, 0) is 0 Å². The first-order valence-corrected chi connectivity index (χ1v) is 8.52. The summed E-state index contributed by atoms with van der Waals surface area (Å²) in [6.45, 7) is 6.24. The van der Waals surface area contributed by atoms with E-state index in [1.165, 1.54) is 5.56 Å². The minimum atomic E-state index is -0.246. The standard InChI is InChI=1S/C21H23NO3/c1-5-13(2)15-6-8-16(9-7-15)22-21(23)20-14(3)18-12-17(24-4)10-11-19(18)25-20/h6-13H,5H2,1-4H3,(H,22,23)/t13-/m1/s1. The fourth-order valence-electron chi connectivity index (χ4n) is 2.86. The summed E-state index contributed by atoms with van der Waals surface area (Å²) < 4.78 is 11.0. The highest BCUT2D eigenvalue weighted by molar-refractivity contribution is 6.06. The number of ether oxygens (including phenoxy) is 1. The van der Waals surface area contributed by atoms with Crippen molar-refractivity contribution in [2.45, 2.75) is 33.1 Å². The van der Waals surface area contributed by atoms with Gasteiger partial charge in [0.15, 0.2) is 5.76 Å². The van der Waals surface area contributed by atoms with Gasteiger partial charge in [-0.2, -0.15) is 0 Å². The Morgan fingerprint density at radius 3 is 2.56 bits per heavy atom. The van der Waals surface area contributed by atoms with E-state index in [1.807, 2.05) is 37.3 Å². The van der Waals surface area contributed by atoms with Gasteiger partial charge in [-0.1, -0.05) is 26.0 Å². The van der Waals surface area contributed by atoms with E-state index in [9.17, 15) is 4.79 Å². The van der Waals surface area contributed by atoms with Crippen molar-refractivity contribution in [3.8, 4) is 5.75 Å². The normalized spacial score (nSPS) is 12.2. The summed E-state index contributed by atoms with van der Waals surface area (Å²) in [7, 11) is 1.62. The minimum Gasteiger partial charge on any atom is -0.497 e. The van der Waals surface area contributed by atoms with E-state index in [4.69, 9.17) is 9.15 Å². The molecule has 1 N–H and O–H groups in total. The summed E-state index contributed by atoms with van der Waals surface area (Å²) in [5.41, 5.74) is 3.51. The summed E-state index contributed by atoms with van der Waals surface area (Å²) in [5, 5.41) is 3.79. The fourth-order valence-corrected chi connectivity index (χ4v) is 2.86. The average Bonchev–Trinajstić information content (AvgIpc) is 2.98. The molecule has 2 aromatic carbocycles. The van der Waals surface area contributed by atoms with Crippen molar-refractivity contribution < 1.29 is 13.9 Å². The van der Waals surface area contributed by atoms with Gasteiger partial charge in [-0.05, 0) is 55.2 Å². The van der Waals surface area contributed by atoms with Crippen molar-refractivity contribution in [3.05, 3.63) is 59.4 Å². The number of anilines is 1. The van der Waals surface area contributed by atoms with Crippen LogP contribution in [0.3, 0.4) is 0 Å². The van der Waals surface area contributed by atoms with E-state index in [1.54, 1.807) is 7.11 Å². The molecule has 25 heavy (non-hydrogen) atoms. The van der Waals surface area contributed by atoms with Gasteiger partial charge in [0.2, 0.25) is 0 Å². The summed E-state index contributed by atoms with van der Waals surface area (Å²) >= 11 is 0. The molecule has 1 heterocycles. The van der Waals surface area contributed by atoms with Crippen LogP contribution < -0.4 is 10.1 Å². The van der Waals surface area contributed by atoms with E-state index in [0.717, 1.165) is 28.8 Å². The van der Waals surface area contributed by atoms with E-state index >= 15 is 0 Å². The lowest BCUT2D eigenvalue weighted by atomic mass is 9.99. The van der Waals surface area contributed by atoms with Crippen LogP contribution in [0, 0.1) is 6.92 Å². The van der Waals surface area contributed by atoms with E-state index in [2.05, 4.69) is 31.3 Å². The van der Waals surface area contributed by atoms with Crippen molar-refractivity contribution >= 4 is 22.6 Å². The average molecular weight is 337 g/mol. The van der Waals surface area contributed by atoms with Crippen LogP contribution in [0.4, 0.5) is 5.69 Å². The molecule has 0 aliphatic rings. The Bertz CT molecular complexity index is 893. The third-order valence-electron chi connectivity index (χ3n) is 4.70. The largest absolute Gasteiger partial charge is 0.497 e. The Labute approximate surface area is 147 Å². The predicted molar refractivity (Wildman–Crippen MR) is 101 cm³/mol. The summed E-state index contributed by atoms with van der Waals surface area (Å²) in [6.07, 6.45) is 1.09. The molecule has 0 spiro atoms. The van der Waals surface area contributed by atoms with Crippen molar-refractivity contribution in [1.82, 2.24) is 0 Å². The van der Waals surface area contributed by atoms with Gasteiger partial charge in [0.05, 0.1) is 7.11 Å². The molecule has 1 amide bonds. The lowest BCUT2D eigenvalue weighted by Gasteiger charge is -2.10. The summed E-state index contributed by atoms with van der Waals surface area (Å²) in [6, 6.07) is 13.5. The number of nitrogens with one attached hydrogen (secondary N) is 1. The topological polar surface area (TPSA) is 51.5 Å². The van der Waals surface area contributed by atoms with E-state index < -0.39 is 0 Å². The second-order valence-corrected chi connectivity index (χ2v) is 6.30. The third kappa shape index (κ3) is 3.38. The Balaban J connectivity index is 1.83. The number of carbonyl (C=O) groups excluding carboxylic acids is 1. The van der Waals surface area contributed by atoms with Gasteiger partial charge in [0.25, 0.3) is 5.91 Å². The number of benzene rings is 2. The number of hydrogen-bond donors (Lipinski definition) is 1. The highest BCUT2D eigenvalue weighted by Crippen LogP contribution is 2.29. The van der Waals surface area contributed by atoms with Gasteiger partial charge in [-0.25, -0.2) is 0 Å². The number of furan rings is 1. The number of carbonyl (C=O) groups is 1. The lowest BCUT2D eigenvalue weighted by molar-refractivity contribution is 0.0998. The van der Waals surface area contributed by atoms with E-state index in [0.29, 0.717) is 17.3 Å². The molecule has 4 heteroatoms. The molecular weight excluding hydrogens is 314 g/mol. The van der Waals surface area contributed by atoms with Gasteiger partial charge >= 0.3 is 0 Å². The van der Waals surface area contributed by atoms with Crippen LogP contribution in [0.5, 0.6) is 5.75 Å². The first kappa shape index (κ1) is 17.1. The van der Waals surface area contributed by atoms with Crippen LogP contribution in [0.2, 0.25) is 0 Å². The molecule has 3 rings (SSSR count). The molecule has 0 bridgehead atoms. The van der Waals surface area contributed by atoms with Crippen LogP contribution in [-0.4, -0.2) is 13.0 Å². The molecule has 0 unspecified atom stereocenters. The van der Waals surface area contributed by atoms with Gasteiger partial charge in [0.1, 0.15) is 11.3 Å². The first-order valence-electron chi connectivity index (χ1n) is 8.52. The molecule has 0 fully saturated rings. The van der Waals surface area contributed by atoms with Crippen LogP contribution in [0.15, 0.2) is 46.9 Å². The molecule has 130 valence electrons. The molecule has 0 aliphatic heterocycles. The summed E-state index contributed by atoms with van der Waals surface area (Å²) in [4.78, 5) is 12.6. The zero-order valence-corrected chi connectivity index (χ0v) is 15.1. The predicted octanol–water partition coefficient (Wildman–Crippen LogP) is 5.52. The lowest BCUT2D eigenvalue weighted by Crippen LogP contribution is -2.12. The second kappa shape index (κ2) is 7.01. The Hall–Kier alpha value is -2.75. The number of amides is 1. The van der Waals surface area contributed by atoms with Gasteiger partial charge < -0.3 is 14.5 Å². The third-order valence-corrected chi connectivity index (χ3v) is 4.70. The molecule has 1 atom stereocenters. The van der Waals surface area contributed by atoms with Crippen LogP contribution >= 0.6 is 0 Å².